The van der Waals surface area contributed by atoms with Gasteiger partial charge in [0.15, 0.2) is 5.43 Å². The minimum absolute atomic E-state index is 0.0393. The van der Waals surface area contributed by atoms with Crippen LogP contribution in [0.15, 0.2) is 59.5 Å². The second-order valence-corrected chi connectivity index (χ2v) is 6.58. The average molecular weight is 364 g/mol. The molecule has 3 aromatic rings. The van der Waals surface area contributed by atoms with Gasteiger partial charge in [0.1, 0.15) is 6.54 Å². The number of aryl methyl sites for hydroxylation is 1. The van der Waals surface area contributed by atoms with E-state index in [1.54, 1.807) is 11.1 Å². The van der Waals surface area contributed by atoms with Gasteiger partial charge in [-0.15, -0.1) is 0 Å². The summed E-state index contributed by atoms with van der Waals surface area (Å²) in [5.41, 5.74) is 3.13. The van der Waals surface area contributed by atoms with Gasteiger partial charge in [0.05, 0.1) is 12.1 Å². The van der Waals surface area contributed by atoms with Crippen molar-refractivity contribution in [2.45, 2.75) is 20.4 Å². The summed E-state index contributed by atoms with van der Waals surface area (Å²) in [7, 11) is 0. The summed E-state index contributed by atoms with van der Waals surface area (Å²) < 4.78 is 1.84. The van der Waals surface area contributed by atoms with Crippen LogP contribution in [0.1, 0.15) is 12.5 Å². The van der Waals surface area contributed by atoms with E-state index >= 15 is 0 Å². The SMILES string of the molecule is CCN(CCO)C(=O)Cn1cc(-c2ccccc2)c(=O)c2ccc(C)cc21. The van der Waals surface area contributed by atoms with Crippen LogP contribution >= 0.6 is 0 Å². The number of nitrogens with zero attached hydrogens (tertiary/aromatic N) is 2. The molecular weight excluding hydrogens is 340 g/mol. The Morgan fingerprint density at radius 2 is 1.89 bits per heavy atom. The van der Waals surface area contributed by atoms with Gasteiger partial charge < -0.3 is 14.6 Å². The van der Waals surface area contributed by atoms with E-state index in [-0.39, 0.29) is 24.5 Å². The third-order valence-electron chi connectivity index (χ3n) is 4.73. The van der Waals surface area contributed by atoms with Crippen molar-refractivity contribution < 1.29 is 9.90 Å². The summed E-state index contributed by atoms with van der Waals surface area (Å²) in [6.45, 7) is 4.73. The van der Waals surface area contributed by atoms with E-state index in [0.29, 0.717) is 24.0 Å². The summed E-state index contributed by atoms with van der Waals surface area (Å²) in [5, 5.41) is 9.78. The van der Waals surface area contributed by atoms with Gasteiger partial charge in [0, 0.05) is 30.2 Å². The number of hydrogen-bond acceptors (Lipinski definition) is 3. The molecule has 1 aromatic heterocycles. The van der Waals surface area contributed by atoms with Crippen LogP contribution in [-0.4, -0.2) is 40.2 Å². The lowest BCUT2D eigenvalue weighted by molar-refractivity contribution is -0.132. The molecule has 0 saturated heterocycles. The maximum Gasteiger partial charge on any atom is 0.242 e. The van der Waals surface area contributed by atoms with Crippen molar-refractivity contribution >= 4 is 16.8 Å². The van der Waals surface area contributed by atoms with Crippen LogP contribution in [-0.2, 0) is 11.3 Å². The van der Waals surface area contributed by atoms with Gasteiger partial charge in [-0.3, -0.25) is 9.59 Å². The molecular formula is C22H24N2O3. The Balaban J connectivity index is 2.15. The highest BCUT2D eigenvalue weighted by molar-refractivity contribution is 5.86. The topological polar surface area (TPSA) is 62.5 Å². The van der Waals surface area contributed by atoms with Crippen LogP contribution in [0, 0.1) is 6.92 Å². The highest BCUT2D eigenvalue weighted by atomic mass is 16.3. The van der Waals surface area contributed by atoms with E-state index in [4.69, 9.17) is 0 Å². The first-order chi connectivity index (χ1) is 13.0. The van der Waals surface area contributed by atoms with Gasteiger partial charge in [-0.2, -0.15) is 0 Å². The molecule has 5 heteroatoms. The van der Waals surface area contributed by atoms with Crippen molar-refractivity contribution in [1.82, 2.24) is 9.47 Å². The number of pyridine rings is 1. The van der Waals surface area contributed by atoms with E-state index < -0.39 is 0 Å². The summed E-state index contributed by atoms with van der Waals surface area (Å²) in [6.07, 6.45) is 1.77. The molecule has 140 valence electrons. The number of benzene rings is 2. The summed E-state index contributed by atoms with van der Waals surface area (Å²) in [6, 6.07) is 15.2. The number of carbonyl (C=O) groups excluding carboxylic acids is 1. The van der Waals surface area contributed by atoms with Crippen molar-refractivity contribution in [2.75, 3.05) is 19.7 Å². The Morgan fingerprint density at radius 3 is 2.56 bits per heavy atom. The van der Waals surface area contributed by atoms with E-state index in [0.717, 1.165) is 16.6 Å². The van der Waals surface area contributed by atoms with Gasteiger partial charge in [0.25, 0.3) is 0 Å². The lowest BCUT2D eigenvalue weighted by atomic mass is 10.0. The molecule has 0 atom stereocenters. The molecule has 1 heterocycles. The first-order valence-corrected chi connectivity index (χ1v) is 9.13. The zero-order chi connectivity index (χ0) is 19.4. The number of amides is 1. The molecule has 0 saturated carbocycles. The third kappa shape index (κ3) is 3.93. The number of hydrogen-bond donors (Lipinski definition) is 1. The van der Waals surface area contributed by atoms with Crippen molar-refractivity contribution in [3.8, 4) is 11.1 Å². The monoisotopic (exact) mass is 364 g/mol. The smallest absolute Gasteiger partial charge is 0.242 e. The third-order valence-corrected chi connectivity index (χ3v) is 4.73. The normalized spacial score (nSPS) is 10.9. The highest BCUT2D eigenvalue weighted by Crippen LogP contribution is 2.21. The van der Waals surface area contributed by atoms with Gasteiger partial charge in [0.2, 0.25) is 5.91 Å². The Hall–Kier alpha value is -2.92. The Bertz CT molecular complexity index is 1010. The molecule has 0 aliphatic heterocycles. The second-order valence-electron chi connectivity index (χ2n) is 6.58. The zero-order valence-electron chi connectivity index (χ0n) is 15.7. The number of rotatable bonds is 6. The summed E-state index contributed by atoms with van der Waals surface area (Å²) >= 11 is 0. The first kappa shape index (κ1) is 18.9. The number of likely N-dealkylation sites (N-methyl/N-ethyl adjacent to an activating group) is 1. The van der Waals surface area contributed by atoms with Crippen molar-refractivity contribution in [3.05, 3.63) is 70.5 Å². The minimum atomic E-state index is -0.0861. The molecule has 27 heavy (non-hydrogen) atoms. The maximum absolute atomic E-state index is 13.0. The van der Waals surface area contributed by atoms with Gasteiger partial charge in [-0.05, 0) is 37.1 Å². The number of aliphatic hydroxyl groups excluding tert-OH is 1. The average Bonchev–Trinajstić information content (AvgIpc) is 2.68. The first-order valence-electron chi connectivity index (χ1n) is 9.13. The van der Waals surface area contributed by atoms with Gasteiger partial charge >= 0.3 is 0 Å². The Kier molecular flexibility index (Phi) is 5.72. The molecule has 0 spiro atoms. The summed E-state index contributed by atoms with van der Waals surface area (Å²) in [5.74, 6) is -0.0861. The number of aromatic nitrogens is 1. The Morgan fingerprint density at radius 1 is 1.15 bits per heavy atom. The van der Waals surface area contributed by atoms with Crippen LogP contribution in [0.5, 0.6) is 0 Å². The van der Waals surface area contributed by atoms with Crippen LogP contribution in [0.3, 0.4) is 0 Å². The lowest BCUT2D eigenvalue weighted by Crippen LogP contribution is -2.36. The van der Waals surface area contributed by atoms with Crippen molar-refractivity contribution in [1.29, 1.82) is 0 Å². The van der Waals surface area contributed by atoms with Crippen molar-refractivity contribution in [3.63, 3.8) is 0 Å². The van der Waals surface area contributed by atoms with Crippen molar-refractivity contribution in [2.24, 2.45) is 0 Å². The largest absolute Gasteiger partial charge is 0.395 e. The minimum Gasteiger partial charge on any atom is -0.395 e. The Labute approximate surface area is 158 Å². The zero-order valence-corrected chi connectivity index (χ0v) is 15.7. The fourth-order valence-corrected chi connectivity index (χ4v) is 3.28. The molecule has 1 amide bonds. The molecule has 0 fully saturated rings. The molecule has 1 N–H and O–H groups in total. The fourth-order valence-electron chi connectivity index (χ4n) is 3.28. The standard InChI is InChI=1S/C22H24N2O3/c1-3-23(11-12-25)21(26)15-24-14-19(17-7-5-4-6-8-17)22(27)18-10-9-16(2)13-20(18)24/h4-10,13-14,25H,3,11-12,15H2,1-2H3. The van der Waals surface area contributed by atoms with Gasteiger partial charge in [-0.1, -0.05) is 36.4 Å². The van der Waals surface area contributed by atoms with Crippen LogP contribution in [0.4, 0.5) is 0 Å². The molecule has 0 bridgehead atoms. The number of carbonyl (C=O) groups is 1. The lowest BCUT2D eigenvalue weighted by Gasteiger charge is -2.21. The number of aliphatic hydroxyl groups is 1. The van der Waals surface area contributed by atoms with Crippen LogP contribution < -0.4 is 5.43 Å². The van der Waals surface area contributed by atoms with Crippen LogP contribution in [0.25, 0.3) is 22.0 Å². The van der Waals surface area contributed by atoms with Crippen LogP contribution in [0.2, 0.25) is 0 Å². The maximum atomic E-state index is 13.0. The molecule has 0 unspecified atom stereocenters. The molecule has 0 aliphatic carbocycles. The summed E-state index contributed by atoms with van der Waals surface area (Å²) in [4.78, 5) is 27.4. The number of fused-ring (bicyclic) bond motifs is 1. The quantitative estimate of drug-likeness (QED) is 0.732. The van der Waals surface area contributed by atoms with E-state index in [9.17, 15) is 14.7 Å². The molecule has 3 rings (SSSR count). The molecule has 2 aromatic carbocycles. The second kappa shape index (κ2) is 8.18. The van der Waals surface area contributed by atoms with E-state index in [1.165, 1.54) is 0 Å². The van der Waals surface area contributed by atoms with E-state index in [1.807, 2.05) is 66.9 Å². The fraction of sp³-hybridized carbons (Fsp3) is 0.273. The molecule has 0 aliphatic rings. The predicted molar refractivity (Wildman–Crippen MR) is 108 cm³/mol. The highest BCUT2D eigenvalue weighted by Gasteiger charge is 2.16. The predicted octanol–water partition coefficient (Wildman–Crippen LogP) is 2.82. The molecule has 5 nitrogen and oxygen atoms in total. The molecule has 0 radical (unpaired) electrons. The van der Waals surface area contributed by atoms with E-state index in [2.05, 4.69) is 0 Å². The van der Waals surface area contributed by atoms with Gasteiger partial charge in [-0.25, -0.2) is 0 Å².